The maximum atomic E-state index is 13.2. The molecule has 1 aromatic carbocycles. The maximum absolute atomic E-state index is 13.2. The second-order valence-electron chi connectivity index (χ2n) is 8.46. The zero-order valence-electron chi connectivity index (χ0n) is 17.8. The number of hydrogen-bond acceptors (Lipinski definition) is 3. The van der Waals surface area contributed by atoms with E-state index in [1.165, 1.54) is 11.1 Å². The number of pyridine rings is 1. The van der Waals surface area contributed by atoms with Gasteiger partial charge >= 0.3 is 0 Å². The largest absolute Gasteiger partial charge is 0.352 e. The number of hydrogen-bond donors (Lipinski definition) is 1. The standard InChI is InChI=1S/C24H31N3O2/c1-16(2)15-27-22(28)10-9-21(23(27)19-6-5-11-25-13-19)24(29)26-14-20-12-17(3)7-8-18(20)4/h5-8,11-13,16,21,23H,9-10,14-15H2,1-4H3,(H,26,29)/t21-,23+/m1/s1. The minimum Gasteiger partial charge on any atom is -0.352 e. The van der Waals surface area contributed by atoms with Gasteiger partial charge in [-0.05, 0) is 48.9 Å². The van der Waals surface area contributed by atoms with Crippen molar-refractivity contribution in [2.24, 2.45) is 11.8 Å². The molecule has 1 fully saturated rings. The highest BCUT2D eigenvalue weighted by Crippen LogP contribution is 2.37. The van der Waals surface area contributed by atoms with Crippen molar-refractivity contribution in [3.63, 3.8) is 0 Å². The minimum absolute atomic E-state index is 0.000940. The molecule has 154 valence electrons. The zero-order chi connectivity index (χ0) is 21.0. The lowest BCUT2D eigenvalue weighted by molar-refractivity contribution is -0.144. The summed E-state index contributed by atoms with van der Waals surface area (Å²) < 4.78 is 0. The molecular formula is C24H31N3O2. The molecule has 1 aromatic heterocycles. The van der Waals surface area contributed by atoms with E-state index in [0.717, 1.165) is 11.1 Å². The summed E-state index contributed by atoms with van der Waals surface area (Å²) in [6.07, 6.45) is 4.47. The molecule has 2 atom stereocenters. The molecule has 1 aliphatic rings. The van der Waals surface area contributed by atoms with Crippen LogP contribution in [0.4, 0.5) is 0 Å². The van der Waals surface area contributed by atoms with Crippen LogP contribution in [0, 0.1) is 25.7 Å². The van der Waals surface area contributed by atoms with Crippen LogP contribution in [0.5, 0.6) is 0 Å². The molecule has 5 heteroatoms. The van der Waals surface area contributed by atoms with E-state index in [1.54, 1.807) is 12.4 Å². The Morgan fingerprint density at radius 1 is 1.28 bits per heavy atom. The van der Waals surface area contributed by atoms with E-state index in [0.29, 0.717) is 31.8 Å². The molecule has 1 aliphatic heterocycles. The van der Waals surface area contributed by atoms with Crippen LogP contribution in [-0.2, 0) is 16.1 Å². The first-order chi connectivity index (χ1) is 13.9. The summed E-state index contributed by atoms with van der Waals surface area (Å²) in [5.41, 5.74) is 4.40. The monoisotopic (exact) mass is 393 g/mol. The summed E-state index contributed by atoms with van der Waals surface area (Å²) in [6, 6.07) is 9.84. The van der Waals surface area contributed by atoms with Crippen LogP contribution in [-0.4, -0.2) is 28.2 Å². The Kier molecular flexibility index (Phi) is 6.68. The third kappa shape index (κ3) is 5.03. The number of amides is 2. The minimum atomic E-state index is -0.277. The smallest absolute Gasteiger partial charge is 0.225 e. The molecule has 29 heavy (non-hydrogen) atoms. The summed E-state index contributed by atoms with van der Waals surface area (Å²) in [5, 5.41) is 3.13. The van der Waals surface area contributed by atoms with Gasteiger partial charge in [0.05, 0.1) is 12.0 Å². The number of piperidine rings is 1. The maximum Gasteiger partial charge on any atom is 0.225 e. The van der Waals surface area contributed by atoms with Gasteiger partial charge in [-0.2, -0.15) is 0 Å². The molecule has 1 saturated heterocycles. The van der Waals surface area contributed by atoms with Gasteiger partial charge in [-0.3, -0.25) is 14.6 Å². The van der Waals surface area contributed by atoms with Gasteiger partial charge in [0.15, 0.2) is 0 Å². The summed E-state index contributed by atoms with van der Waals surface area (Å²) >= 11 is 0. The predicted octanol–water partition coefficient (Wildman–Crippen LogP) is 3.95. The second kappa shape index (κ2) is 9.21. The Bertz CT molecular complexity index is 864. The molecule has 0 aliphatic carbocycles. The van der Waals surface area contributed by atoms with Crippen LogP contribution >= 0.6 is 0 Å². The van der Waals surface area contributed by atoms with E-state index in [-0.39, 0.29) is 23.8 Å². The fourth-order valence-corrected chi connectivity index (χ4v) is 4.10. The predicted molar refractivity (Wildman–Crippen MR) is 114 cm³/mol. The molecule has 0 bridgehead atoms. The highest BCUT2D eigenvalue weighted by Gasteiger charge is 2.40. The van der Waals surface area contributed by atoms with Gasteiger partial charge in [0.1, 0.15) is 0 Å². The second-order valence-corrected chi connectivity index (χ2v) is 8.46. The Hall–Kier alpha value is -2.69. The number of likely N-dealkylation sites (tertiary alicyclic amines) is 1. The SMILES string of the molecule is Cc1ccc(C)c(CNC(=O)[C@@H]2CCC(=O)N(CC(C)C)[C@H]2c2cccnc2)c1. The van der Waals surface area contributed by atoms with Crippen molar-refractivity contribution in [1.82, 2.24) is 15.2 Å². The molecule has 0 spiro atoms. The first-order valence-corrected chi connectivity index (χ1v) is 10.4. The zero-order valence-corrected chi connectivity index (χ0v) is 17.8. The molecule has 3 rings (SSSR count). The number of benzene rings is 1. The van der Waals surface area contributed by atoms with Crippen molar-refractivity contribution in [1.29, 1.82) is 0 Å². The number of aromatic nitrogens is 1. The van der Waals surface area contributed by atoms with Crippen LogP contribution in [0.25, 0.3) is 0 Å². The van der Waals surface area contributed by atoms with E-state index in [2.05, 4.69) is 56.2 Å². The molecular weight excluding hydrogens is 362 g/mol. The first-order valence-electron chi connectivity index (χ1n) is 10.4. The van der Waals surface area contributed by atoms with Crippen molar-refractivity contribution in [2.45, 2.75) is 53.1 Å². The number of nitrogens with zero attached hydrogens (tertiary/aromatic N) is 2. The summed E-state index contributed by atoms with van der Waals surface area (Å²) in [4.78, 5) is 32.1. The van der Waals surface area contributed by atoms with Crippen LogP contribution < -0.4 is 5.32 Å². The van der Waals surface area contributed by atoms with E-state index in [4.69, 9.17) is 0 Å². The number of carbonyl (C=O) groups is 2. The summed E-state index contributed by atoms with van der Waals surface area (Å²) in [5.74, 6) is 0.169. The van der Waals surface area contributed by atoms with E-state index in [1.807, 2.05) is 17.0 Å². The van der Waals surface area contributed by atoms with Gasteiger partial charge < -0.3 is 10.2 Å². The molecule has 0 unspecified atom stereocenters. The third-order valence-electron chi connectivity index (χ3n) is 5.59. The van der Waals surface area contributed by atoms with E-state index < -0.39 is 0 Å². The molecule has 0 saturated carbocycles. The van der Waals surface area contributed by atoms with Crippen LogP contribution in [0.1, 0.15) is 55.0 Å². The summed E-state index contributed by atoms with van der Waals surface area (Å²) in [6.45, 7) is 9.44. The molecule has 0 radical (unpaired) electrons. The highest BCUT2D eigenvalue weighted by atomic mass is 16.2. The van der Waals surface area contributed by atoms with Crippen molar-refractivity contribution in [3.8, 4) is 0 Å². The lowest BCUT2D eigenvalue weighted by atomic mass is 9.83. The molecule has 2 amide bonds. The van der Waals surface area contributed by atoms with Crippen molar-refractivity contribution in [3.05, 3.63) is 65.0 Å². The average Bonchev–Trinajstić information content (AvgIpc) is 2.70. The van der Waals surface area contributed by atoms with E-state index >= 15 is 0 Å². The van der Waals surface area contributed by atoms with Gasteiger partial charge in [0, 0.05) is 31.9 Å². The molecule has 2 aromatic rings. The summed E-state index contributed by atoms with van der Waals surface area (Å²) in [7, 11) is 0. The quantitative estimate of drug-likeness (QED) is 0.808. The Morgan fingerprint density at radius 3 is 2.76 bits per heavy atom. The number of aryl methyl sites for hydroxylation is 2. The molecule has 2 heterocycles. The van der Waals surface area contributed by atoms with E-state index in [9.17, 15) is 9.59 Å². The fourth-order valence-electron chi connectivity index (χ4n) is 4.10. The van der Waals surface area contributed by atoms with Crippen molar-refractivity contribution >= 4 is 11.8 Å². The van der Waals surface area contributed by atoms with Gasteiger partial charge in [-0.25, -0.2) is 0 Å². The molecule has 1 N–H and O–H groups in total. The number of rotatable bonds is 6. The Labute approximate surface area is 173 Å². The van der Waals surface area contributed by atoms with Gasteiger partial charge in [-0.1, -0.05) is 43.7 Å². The van der Waals surface area contributed by atoms with Gasteiger partial charge in [0.2, 0.25) is 11.8 Å². The lowest BCUT2D eigenvalue weighted by Gasteiger charge is -2.41. The highest BCUT2D eigenvalue weighted by molar-refractivity contribution is 5.85. The number of carbonyl (C=O) groups excluding carboxylic acids is 2. The number of nitrogens with one attached hydrogen (secondary N) is 1. The Balaban J connectivity index is 1.83. The third-order valence-corrected chi connectivity index (χ3v) is 5.59. The van der Waals surface area contributed by atoms with Crippen LogP contribution in [0.15, 0.2) is 42.7 Å². The molecule has 5 nitrogen and oxygen atoms in total. The van der Waals surface area contributed by atoms with Crippen LogP contribution in [0.2, 0.25) is 0 Å². The van der Waals surface area contributed by atoms with Gasteiger partial charge in [-0.15, -0.1) is 0 Å². The fraction of sp³-hybridized carbons (Fsp3) is 0.458. The van der Waals surface area contributed by atoms with Crippen molar-refractivity contribution < 1.29 is 9.59 Å². The lowest BCUT2D eigenvalue weighted by Crippen LogP contribution is -2.49. The normalized spacial score (nSPS) is 19.5. The van der Waals surface area contributed by atoms with Gasteiger partial charge in [0.25, 0.3) is 0 Å². The average molecular weight is 394 g/mol. The van der Waals surface area contributed by atoms with Crippen molar-refractivity contribution in [2.75, 3.05) is 6.54 Å². The van der Waals surface area contributed by atoms with Crippen LogP contribution in [0.3, 0.4) is 0 Å². The topological polar surface area (TPSA) is 62.3 Å². The Morgan fingerprint density at radius 2 is 2.07 bits per heavy atom. The first kappa shape index (κ1) is 21.0.